The fourth-order valence-corrected chi connectivity index (χ4v) is 1.63. The molecule has 1 aromatic carbocycles. The zero-order valence-corrected chi connectivity index (χ0v) is 7.84. The molecule has 1 aliphatic rings. The van der Waals surface area contributed by atoms with Crippen molar-refractivity contribution in [3.05, 3.63) is 35.4 Å². The molecule has 0 amide bonds. The number of halogens is 2. The molecule has 1 unspecified atom stereocenters. The lowest BCUT2D eigenvalue weighted by Crippen LogP contribution is -2.25. The van der Waals surface area contributed by atoms with Gasteiger partial charge in [0.15, 0.2) is 11.6 Å². The van der Waals surface area contributed by atoms with Gasteiger partial charge in [0, 0.05) is 6.04 Å². The van der Waals surface area contributed by atoms with Crippen LogP contribution in [0.25, 0.3) is 0 Å². The number of nitrogens with two attached hydrogens (primary N) is 1. The Morgan fingerprint density at radius 3 is 2.57 bits per heavy atom. The van der Waals surface area contributed by atoms with Crippen LogP contribution in [-0.4, -0.2) is 6.04 Å². The second-order valence-corrected chi connectivity index (χ2v) is 3.95. The van der Waals surface area contributed by atoms with Gasteiger partial charge in [-0.1, -0.05) is 6.07 Å². The third kappa shape index (κ3) is 2.10. The van der Waals surface area contributed by atoms with E-state index in [2.05, 4.69) is 0 Å². The largest absolute Gasteiger partial charge is 0.327 e. The van der Waals surface area contributed by atoms with E-state index in [4.69, 9.17) is 5.73 Å². The van der Waals surface area contributed by atoms with Crippen LogP contribution in [0.1, 0.15) is 18.4 Å². The van der Waals surface area contributed by atoms with E-state index in [1.54, 1.807) is 6.07 Å². The van der Waals surface area contributed by atoms with Crippen LogP contribution in [0.15, 0.2) is 18.2 Å². The molecule has 1 aliphatic carbocycles. The van der Waals surface area contributed by atoms with Crippen molar-refractivity contribution in [1.82, 2.24) is 0 Å². The summed E-state index contributed by atoms with van der Waals surface area (Å²) in [5.74, 6) is -0.998. The predicted molar refractivity (Wildman–Crippen MR) is 50.8 cm³/mol. The van der Waals surface area contributed by atoms with Gasteiger partial charge >= 0.3 is 0 Å². The predicted octanol–water partition coefficient (Wildman–Crippen LogP) is 2.24. The van der Waals surface area contributed by atoms with Crippen molar-refractivity contribution in [1.29, 1.82) is 0 Å². The summed E-state index contributed by atoms with van der Waals surface area (Å²) in [6.07, 6.45) is 2.98. The average Bonchev–Trinajstić information content (AvgIpc) is 2.94. The molecular weight excluding hydrogens is 184 g/mol. The lowest BCUT2D eigenvalue weighted by molar-refractivity contribution is 0.504. The third-order valence-corrected chi connectivity index (χ3v) is 2.68. The Hall–Kier alpha value is -0.960. The molecule has 1 atom stereocenters. The summed E-state index contributed by atoms with van der Waals surface area (Å²) in [5, 5.41) is 0. The molecule has 0 radical (unpaired) electrons. The first kappa shape index (κ1) is 9.59. The number of benzene rings is 1. The lowest BCUT2D eigenvalue weighted by atomic mass is 10.0. The first-order valence-electron chi connectivity index (χ1n) is 4.86. The third-order valence-electron chi connectivity index (χ3n) is 2.68. The molecular formula is C11H13F2N. The number of hydrogen-bond acceptors (Lipinski definition) is 1. The van der Waals surface area contributed by atoms with Gasteiger partial charge in [0.2, 0.25) is 0 Å². The highest BCUT2D eigenvalue weighted by Crippen LogP contribution is 2.32. The quantitative estimate of drug-likeness (QED) is 0.790. The van der Waals surface area contributed by atoms with E-state index >= 15 is 0 Å². The van der Waals surface area contributed by atoms with Gasteiger partial charge in [-0.3, -0.25) is 0 Å². The average molecular weight is 197 g/mol. The number of rotatable bonds is 3. The summed E-state index contributed by atoms with van der Waals surface area (Å²) >= 11 is 0. The molecule has 0 bridgehead atoms. The molecule has 0 aliphatic heterocycles. The molecule has 2 rings (SSSR count). The molecule has 1 aromatic rings. The Labute approximate surface area is 81.9 Å². The fourth-order valence-electron chi connectivity index (χ4n) is 1.63. The van der Waals surface area contributed by atoms with E-state index < -0.39 is 11.6 Å². The number of hydrogen-bond donors (Lipinski definition) is 1. The van der Waals surface area contributed by atoms with E-state index in [1.807, 2.05) is 0 Å². The van der Waals surface area contributed by atoms with Crippen LogP contribution in [0.5, 0.6) is 0 Å². The van der Waals surface area contributed by atoms with Crippen LogP contribution >= 0.6 is 0 Å². The fraction of sp³-hybridized carbons (Fsp3) is 0.455. The van der Waals surface area contributed by atoms with Crippen LogP contribution in [-0.2, 0) is 6.42 Å². The van der Waals surface area contributed by atoms with Crippen molar-refractivity contribution >= 4 is 0 Å². The highest BCUT2D eigenvalue weighted by molar-refractivity contribution is 5.19. The van der Waals surface area contributed by atoms with Crippen molar-refractivity contribution in [3.63, 3.8) is 0 Å². The van der Waals surface area contributed by atoms with Crippen molar-refractivity contribution in [2.75, 3.05) is 0 Å². The molecule has 1 nitrogen and oxygen atoms in total. The monoisotopic (exact) mass is 197 g/mol. The summed E-state index contributed by atoms with van der Waals surface area (Å²) in [4.78, 5) is 0. The molecule has 76 valence electrons. The molecule has 1 fully saturated rings. The summed E-state index contributed by atoms with van der Waals surface area (Å²) in [6, 6.07) is 4.09. The minimum atomic E-state index is -0.797. The molecule has 0 aromatic heterocycles. The maximum absolute atomic E-state index is 12.8. The summed E-state index contributed by atoms with van der Waals surface area (Å²) in [5.41, 5.74) is 6.66. The van der Waals surface area contributed by atoms with Crippen LogP contribution in [0.2, 0.25) is 0 Å². The van der Waals surface area contributed by atoms with Gasteiger partial charge < -0.3 is 5.73 Å². The van der Waals surface area contributed by atoms with Crippen molar-refractivity contribution in [2.45, 2.75) is 25.3 Å². The summed E-state index contributed by atoms with van der Waals surface area (Å²) in [6.45, 7) is 0. The van der Waals surface area contributed by atoms with E-state index in [-0.39, 0.29) is 6.04 Å². The highest BCUT2D eigenvalue weighted by Gasteiger charge is 2.28. The van der Waals surface area contributed by atoms with Gasteiger partial charge in [0.25, 0.3) is 0 Å². The van der Waals surface area contributed by atoms with Crippen molar-refractivity contribution in [3.8, 4) is 0 Å². The van der Waals surface area contributed by atoms with Crippen molar-refractivity contribution < 1.29 is 8.78 Å². The molecule has 3 heteroatoms. The maximum atomic E-state index is 12.8. The molecule has 0 spiro atoms. The molecule has 14 heavy (non-hydrogen) atoms. The highest BCUT2D eigenvalue weighted by atomic mass is 19.2. The molecule has 0 saturated heterocycles. The molecule has 0 heterocycles. The summed E-state index contributed by atoms with van der Waals surface area (Å²) < 4.78 is 25.4. The Morgan fingerprint density at radius 1 is 1.29 bits per heavy atom. The van der Waals surface area contributed by atoms with E-state index in [9.17, 15) is 8.78 Å². The lowest BCUT2D eigenvalue weighted by Gasteiger charge is -2.09. The van der Waals surface area contributed by atoms with Gasteiger partial charge in [-0.25, -0.2) is 8.78 Å². The van der Waals surface area contributed by atoms with Gasteiger partial charge in [-0.05, 0) is 42.9 Å². The standard InChI is InChI=1S/C11H13F2N/c12-9-4-1-7(5-10(9)13)6-11(14)8-2-3-8/h1,4-5,8,11H,2-3,6,14H2. The normalized spacial score (nSPS) is 18.2. The van der Waals surface area contributed by atoms with Gasteiger partial charge in [-0.15, -0.1) is 0 Å². The van der Waals surface area contributed by atoms with E-state index in [1.165, 1.54) is 18.9 Å². The maximum Gasteiger partial charge on any atom is 0.159 e. The Kier molecular flexibility index (Phi) is 2.50. The Bertz CT molecular complexity index is 334. The topological polar surface area (TPSA) is 26.0 Å². The Balaban J connectivity index is 2.04. The molecule has 1 saturated carbocycles. The van der Waals surface area contributed by atoms with E-state index in [0.29, 0.717) is 12.3 Å². The first-order chi connectivity index (χ1) is 6.66. The van der Waals surface area contributed by atoms with Gasteiger partial charge in [-0.2, -0.15) is 0 Å². The van der Waals surface area contributed by atoms with Gasteiger partial charge in [0.1, 0.15) is 0 Å². The zero-order valence-electron chi connectivity index (χ0n) is 7.84. The smallest absolute Gasteiger partial charge is 0.159 e. The van der Waals surface area contributed by atoms with Crippen LogP contribution in [0.3, 0.4) is 0 Å². The van der Waals surface area contributed by atoms with Crippen LogP contribution < -0.4 is 5.73 Å². The minimum absolute atomic E-state index is 0.0971. The second-order valence-electron chi connectivity index (χ2n) is 3.95. The first-order valence-corrected chi connectivity index (χ1v) is 4.86. The van der Waals surface area contributed by atoms with Gasteiger partial charge in [0.05, 0.1) is 0 Å². The van der Waals surface area contributed by atoms with E-state index in [0.717, 1.165) is 11.6 Å². The Morgan fingerprint density at radius 2 is 2.00 bits per heavy atom. The zero-order chi connectivity index (χ0) is 10.1. The van der Waals surface area contributed by atoms with Crippen molar-refractivity contribution in [2.24, 2.45) is 11.7 Å². The SMILES string of the molecule is NC(Cc1ccc(F)c(F)c1)C1CC1. The second kappa shape index (κ2) is 3.65. The minimum Gasteiger partial charge on any atom is -0.327 e. The van der Waals surface area contributed by atoms with Crippen LogP contribution in [0.4, 0.5) is 8.78 Å². The molecule has 2 N–H and O–H groups in total. The van der Waals surface area contributed by atoms with Crippen LogP contribution in [0, 0.1) is 17.6 Å². The summed E-state index contributed by atoms with van der Waals surface area (Å²) in [7, 11) is 0.